The summed E-state index contributed by atoms with van der Waals surface area (Å²) in [6.07, 6.45) is 1.29. The lowest BCUT2D eigenvalue weighted by molar-refractivity contribution is -0.122. The van der Waals surface area contributed by atoms with E-state index in [9.17, 15) is 19.5 Å². The average Bonchev–Trinajstić information content (AvgIpc) is 2.60. The number of nitrogens with one attached hydrogen (secondary N) is 1. The normalized spacial score (nSPS) is 15.8. The van der Waals surface area contributed by atoms with Crippen molar-refractivity contribution in [2.75, 3.05) is 12.0 Å². The van der Waals surface area contributed by atoms with Crippen molar-refractivity contribution in [2.24, 2.45) is 0 Å². The summed E-state index contributed by atoms with van der Waals surface area (Å²) in [5, 5.41) is 12.0. The number of hydrogen-bond acceptors (Lipinski definition) is 5. The highest BCUT2D eigenvalue weighted by molar-refractivity contribution is 6.39. The van der Waals surface area contributed by atoms with Crippen LogP contribution >= 0.6 is 11.6 Å². The predicted octanol–water partition coefficient (Wildman–Crippen LogP) is 3.34. The first-order valence-corrected chi connectivity index (χ1v) is 8.65. The molecule has 7 nitrogen and oxygen atoms in total. The number of urea groups is 1. The fourth-order valence-electron chi connectivity index (χ4n) is 2.97. The molecular formula is C20H17ClN2O5. The number of anilines is 1. The summed E-state index contributed by atoms with van der Waals surface area (Å²) < 4.78 is 5.03. The fraction of sp³-hybridized carbons (Fsp3) is 0.150. The van der Waals surface area contributed by atoms with Gasteiger partial charge in [-0.1, -0.05) is 17.7 Å². The van der Waals surface area contributed by atoms with Gasteiger partial charge in [-0.05, 0) is 60.9 Å². The first-order chi connectivity index (χ1) is 13.2. The lowest BCUT2D eigenvalue weighted by Crippen LogP contribution is -2.54. The Hall–Kier alpha value is -3.32. The zero-order chi connectivity index (χ0) is 20.6. The largest absolute Gasteiger partial charge is 0.503 e. The summed E-state index contributed by atoms with van der Waals surface area (Å²) in [5.41, 5.74) is 2.20. The first-order valence-electron chi connectivity index (χ1n) is 8.27. The lowest BCUT2D eigenvalue weighted by atomic mass is 10.0. The highest BCUT2D eigenvalue weighted by atomic mass is 35.5. The van der Waals surface area contributed by atoms with Gasteiger partial charge >= 0.3 is 6.03 Å². The number of hydrogen-bond donors (Lipinski definition) is 2. The second-order valence-electron chi connectivity index (χ2n) is 6.36. The maximum atomic E-state index is 12.9. The molecule has 28 heavy (non-hydrogen) atoms. The molecule has 1 saturated heterocycles. The van der Waals surface area contributed by atoms with Crippen LogP contribution in [-0.4, -0.2) is 30.1 Å². The van der Waals surface area contributed by atoms with Crippen LogP contribution in [0.4, 0.5) is 10.5 Å². The smallest absolute Gasteiger partial charge is 0.335 e. The zero-order valence-electron chi connectivity index (χ0n) is 15.4. The quantitative estimate of drug-likeness (QED) is 0.608. The van der Waals surface area contributed by atoms with E-state index in [0.717, 1.165) is 16.0 Å². The Morgan fingerprint density at radius 2 is 1.71 bits per heavy atom. The lowest BCUT2D eigenvalue weighted by Gasteiger charge is -2.27. The van der Waals surface area contributed by atoms with Crippen LogP contribution in [-0.2, 0) is 9.59 Å². The number of ether oxygens (including phenoxy) is 1. The molecule has 0 bridgehead atoms. The number of phenolic OH excluding ortho intramolecular Hbond substituents is 1. The van der Waals surface area contributed by atoms with Crippen LogP contribution in [0.3, 0.4) is 0 Å². The number of aromatic hydroxyl groups is 1. The monoisotopic (exact) mass is 400 g/mol. The molecule has 0 aliphatic carbocycles. The number of carbonyl (C=O) groups is 3. The first kappa shape index (κ1) is 19.4. The summed E-state index contributed by atoms with van der Waals surface area (Å²) in [6.45, 7) is 3.69. The number of phenols is 1. The van der Waals surface area contributed by atoms with Gasteiger partial charge in [-0.2, -0.15) is 0 Å². The molecule has 2 N–H and O–H groups in total. The highest BCUT2D eigenvalue weighted by Crippen LogP contribution is 2.36. The van der Waals surface area contributed by atoms with E-state index in [0.29, 0.717) is 11.3 Å². The van der Waals surface area contributed by atoms with Gasteiger partial charge in [-0.25, -0.2) is 9.69 Å². The van der Waals surface area contributed by atoms with Crippen molar-refractivity contribution in [3.05, 3.63) is 57.6 Å². The van der Waals surface area contributed by atoms with Gasteiger partial charge in [-0.15, -0.1) is 0 Å². The summed E-state index contributed by atoms with van der Waals surface area (Å²) in [6, 6.07) is 7.24. The predicted molar refractivity (Wildman–Crippen MR) is 105 cm³/mol. The maximum Gasteiger partial charge on any atom is 0.335 e. The molecule has 0 saturated carbocycles. The van der Waals surface area contributed by atoms with E-state index in [4.69, 9.17) is 16.3 Å². The van der Waals surface area contributed by atoms with Gasteiger partial charge in [0.15, 0.2) is 11.5 Å². The molecule has 1 aliphatic rings. The summed E-state index contributed by atoms with van der Waals surface area (Å²) in [5.74, 6) is -1.75. The van der Waals surface area contributed by atoms with Gasteiger partial charge in [0.25, 0.3) is 11.8 Å². The molecule has 144 valence electrons. The third-order valence-electron chi connectivity index (χ3n) is 4.15. The Morgan fingerprint density at radius 3 is 2.32 bits per heavy atom. The number of imide groups is 2. The van der Waals surface area contributed by atoms with Crippen molar-refractivity contribution in [3.63, 3.8) is 0 Å². The number of barbiturate groups is 1. The summed E-state index contributed by atoms with van der Waals surface area (Å²) in [4.78, 5) is 38.4. The Labute approximate surface area is 166 Å². The minimum Gasteiger partial charge on any atom is -0.503 e. The van der Waals surface area contributed by atoms with Crippen LogP contribution in [0.1, 0.15) is 16.7 Å². The number of amides is 4. The highest BCUT2D eigenvalue weighted by Gasteiger charge is 2.37. The molecule has 8 heteroatoms. The Kier molecular flexibility index (Phi) is 5.11. The van der Waals surface area contributed by atoms with Crippen molar-refractivity contribution >= 4 is 41.2 Å². The van der Waals surface area contributed by atoms with Gasteiger partial charge in [0, 0.05) is 0 Å². The minimum atomic E-state index is -0.821. The van der Waals surface area contributed by atoms with Crippen LogP contribution in [0.5, 0.6) is 11.5 Å². The van der Waals surface area contributed by atoms with Crippen molar-refractivity contribution in [3.8, 4) is 11.5 Å². The zero-order valence-corrected chi connectivity index (χ0v) is 16.1. The van der Waals surface area contributed by atoms with Crippen molar-refractivity contribution in [1.82, 2.24) is 5.32 Å². The molecule has 3 rings (SSSR count). The van der Waals surface area contributed by atoms with Gasteiger partial charge in [0.05, 0.1) is 17.8 Å². The van der Waals surface area contributed by atoms with Crippen molar-refractivity contribution in [2.45, 2.75) is 13.8 Å². The van der Waals surface area contributed by atoms with E-state index in [1.54, 1.807) is 12.1 Å². The average molecular weight is 401 g/mol. The second kappa shape index (κ2) is 7.36. The van der Waals surface area contributed by atoms with Crippen molar-refractivity contribution < 1.29 is 24.2 Å². The van der Waals surface area contributed by atoms with E-state index in [2.05, 4.69) is 5.32 Å². The second-order valence-corrected chi connectivity index (χ2v) is 6.76. The number of halogens is 1. The van der Waals surface area contributed by atoms with Crippen LogP contribution in [0.2, 0.25) is 5.02 Å². The third-order valence-corrected chi connectivity index (χ3v) is 4.44. The van der Waals surface area contributed by atoms with Gasteiger partial charge in [0.1, 0.15) is 5.57 Å². The molecule has 0 unspecified atom stereocenters. The number of aryl methyl sites for hydroxylation is 2. The van der Waals surface area contributed by atoms with E-state index in [-0.39, 0.29) is 22.1 Å². The van der Waals surface area contributed by atoms with Gasteiger partial charge in [0.2, 0.25) is 0 Å². The van der Waals surface area contributed by atoms with Crippen LogP contribution in [0.25, 0.3) is 6.08 Å². The SMILES string of the molecule is COc1cc(/C=C2\C(=O)NC(=O)N(c3cc(C)cc(C)c3)C2=O)cc(Cl)c1O. The molecule has 4 amide bonds. The molecule has 0 radical (unpaired) electrons. The van der Waals surface area contributed by atoms with Crippen LogP contribution in [0, 0.1) is 13.8 Å². The van der Waals surface area contributed by atoms with Crippen molar-refractivity contribution in [1.29, 1.82) is 0 Å². The number of nitrogens with zero attached hydrogens (tertiary/aromatic N) is 1. The van der Waals surface area contributed by atoms with E-state index in [1.165, 1.54) is 25.3 Å². The van der Waals surface area contributed by atoms with E-state index < -0.39 is 17.8 Å². The number of carbonyl (C=O) groups excluding carboxylic acids is 3. The summed E-state index contributed by atoms with van der Waals surface area (Å²) >= 11 is 5.96. The van der Waals surface area contributed by atoms with Gasteiger partial charge < -0.3 is 9.84 Å². The molecular weight excluding hydrogens is 384 g/mol. The van der Waals surface area contributed by atoms with E-state index in [1.807, 2.05) is 19.9 Å². The Bertz CT molecular complexity index is 1020. The number of methoxy groups -OCH3 is 1. The molecule has 2 aromatic carbocycles. The Morgan fingerprint density at radius 1 is 1.07 bits per heavy atom. The molecule has 0 spiro atoms. The van der Waals surface area contributed by atoms with Gasteiger partial charge in [-0.3, -0.25) is 14.9 Å². The molecule has 0 atom stereocenters. The fourth-order valence-corrected chi connectivity index (χ4v) is 3.19. The molecule has 1 fully saturated rings. The minimum absolute atomic E-state index is 0.00268. The number of rotatable bonds is 3. The van der Waals surface area contributed by atoms with Crippen LogP contribution in [0.15, 0.2) is 35.9 Å². The molecule has 1 aliphatic heterocycles. The Balaban J connectivity index is 2.07. The molecule has 2 aromatic rings. The topological polar surface area (TPSA) is 95.9 Å². The molecule has 1 heterocycles. The molecule has 0 aromatic heterocycles. The summed E-state index contributed by atoms with van der Waals surface area (Å²) in [7, 11) is 1.35. The van der Waals surface area contributed by atoms with E-state index >= 15 is 0 Å². The number of benzene rings is 2. The maximum absolute atomic E-state index is 12.9. The third kappa shape index (κ3) is 3.57. The van der Waals surface area contributed by atoms with Crippen LogP contribution < -0.4 is 15.0 Å². The standard InChI is InChI=1S/C20H17ClN2O5/c1-10-4-11(2)6-13(5-10)23-19(26)14(18(25)22-20(23)27)7-12-8-15(21)17(24)16(9-12)28-3/h4-9,24H,1-3H3,(H,22,25,27)/b14-7+.